The Bertz CT molecular complexity index is 1010. The molecule has 1 amide bonds. The zero-order valence-corrected chi connectivity index (χ0v) is 20.7. The molecule has 1 aliphatic heterocycles. The van der Waals surface area contributed by atoms with Crippen LogP contribution in [0.5, 0.6) is 0 Å². The Labute approximate surface area is 201 Å². The number of hydrogen-bond acceptors (Lipinski definition) is 6. The van der Waals surface area contributed by atoms with Gasteiger partial charge in [0.1, 0.15) is 5.78 Å². The van der Waals surface area contributed by atoms with Crippen molar-refractivity contribution in [2.45, 2.75) is 57.3 Å². The fourth-order valence-corrected chi connectivity index (χ4v) is 7.46. The highest BCUT2D eigenvalue weighted by molar-refractivity contribution is 7.89. The summed E-state index contributed by atoms with van der Waals surface area (Å²) in [4.78, 5) is 37.1. The molecule has 186 valence electrons. The van der Waals surface area contributed by atoms with Crippen LogP contribution >= 0.6 is 0 Å². The van der Waals surface area contributed by atoms with Crippen molar-refractivity contribution in [2.75, 3.05) is 25.0 Å². The van der Waals surface area contributed by atoms with Crippen molar-refractivity contribution in [3.8, 4) is 0 Å². The van der Waals surface area contributed by atoms with Crippen LogP contribution in [0, 0.1) is 29.6 Å². The summed E-state index contributed by atoms with van der Waals surface area (Å²) >= 11 is 0. The summed E-state index contributed by atoms with van der Waals surface area (Å²) in [5.41, 5.74) is 0.429. The molecule has 0 aromatic heterocycles. The number of ether oxygens (including phenoxy) is 1. The van der Waals surface area contributed by atoms with Crippen molar-refractivity contribution >= 4 is 33.4 Å². The summed E-state index contributed by atoms with van der Waals surface area (Å²) in [6, 6.07) is 6.05. The molecule has 2 bridgehead atoms. The molecule has 4 atom stereocenters. The van der Waals surface area contributed by atoms with Crippen LogP contribution in [0.3, 0.4) is 0 Å². The molecule has 1 saturated heterocycles. The number of rotatable bonds is 6. The summed E-state index contributed by atoms with van der Waals surface area (Å²) < 4.78 is 32.7. The molecule has 3 aliphatic rings. The Kier molecular flexibility index (Phi) is 7.42. The topological polar surface area (TPSA) is 110 Å². The maximum Gasteiger partial charge on any atom is 0.309 e. The number of fused-ring (bicyclic) bond motifs is 2. The van der Waals surface area contributed by atoms with Gasteiger partial charge in [0.05, 0.1) is 10.8 Å². The van der Waals surface area contributed by atoms with Gasteiger partial charge < -0.3 is 10.1 Å². The second kappa shape index (κ2) is 10.2. The quantitative estimate of drug-likeness (QED) is 0.613. The first kappa shape index (κ1) is 24.9. The minimum absolute atomic E-state index is 0.0509. The number of carbonyl (C=O) groups excluding carboxylic acids is 3. The lowest BCUT2D eigenvalue weighted by molar-refractivity contribution is -0.155. The number of piperidine rings is 1. The molecule has 2 saturated carbocycles. The fourth-order valence-electron chi connectivity index (χ4n) is 5.78. The van der Waals surface area contributed by atoms with E-state index >= 15 is 0 Å². The first-order valence-corrected chi connectivity index (χ1v) is 13.7. The largest absolute Gasteiger partial charge is 0.455 e. The zero-order valence-electron chi connectivity index (χ0n) is 19.9. The summed E-state index contributed by atoms with van der Waals surface area (Å²) in [7, 11) is -3.59. The molecule has 9 heteroatoms. The third kappa shape index (κ3) is 5.51. The van der Waals surface area contributed by atoms with Gasteiger partial charge in [-0.05, 0) is 68.2 Å². The fraction of sp³-hybridized carbons (Fsp3) is 0.640. The van der Waals surface area contributed by atoms with Crippen LogP contribution in [-0.2, 0) is 29.1 Å². The monoisotopic (exact) mass is 490 g/mol. The van der Waals surface area contributed by atoms with E-state index in [0.717, 1.165) is 25.7 Å². The molecule has 0 spiro atoms. The number of hydrogen-bond donors (Lipinski definition) is 1. The molecule has 34 heavy (non-hydrogen) atoms. The van der Waals surface area contributed by atoms with E-state index in [1.807, 2.05) is 0 Å². The van der Waals surface area contributed by atoms with Gasteiger partial charge in [-0.25, -0.2) is 8.42 Å². The average Bonchev–Trinajstić information content (AvgIpc) is 2.77. The molecule has 1 heterocycles. The standard InChI is InChI=1S/C25H34N2O6S/c1-16-10-17(2)14-27(13-16)34(31,32)22-8-6-21(7-9-22)26-23(28)15-33-25(30)20-11-18-4-3-5-19(12-20)24(18)29/h6-9,16-20H,3-5,10-15H2,1-2H3,(H,26,28). The van der Waals surface area contributed by atoms with Gasteiger partial charge in [-0.15, -0.1) is 0 Å². The van der Waals surface area contributed by atoms with E-state index < -0.39 is 28.5 Å². The Morgan fingerprint density at radius 2 is 1.59 bits per heavy atom. The Morgan fingerprint density at radius 1 is 1.00 bits per heavy atom. The first-order chi connectivity index (χ1) is 16.1. The third-order valence-electron chi connectivity index (χ3n) is 7.34. The number of nitrogens with zero attached hydrogens (tertiary/aromatic N) is 1. The number of nitrogens with one attached hydrogen (secondary N) is 1. The van der Waals surface area contributed by atoms with Crippen molar-refractivity contribution in [1.29, 1.82) is 0 Å². The summed E-state index contributed by atoms with van der Waals surface area (Å²) in [6.45, 7) is 4.72. The SMILES string of the molecule is CC1CC(C)CN(S(=O)(=O)c2ccc(NC(=O)COC(=O)C3CC4CCCC(C3)C4=O)cc2)C1. The van der Waals surface area contributed by atoms with E-state index in [4.69, 9.17) is 4.74 Å². The molecule has 2 aliphatic carbocycles. The highest BCUT2D eigenvalue weighted by atomic mass is 32.2. The highest BCUT2D eigenvalue weighted by Gasteiger charge is 2.42. The van der Waals surface area contributed by atoms with Gasteiger partial charge in [-0.3, -0.25) is 14.4 Å². The number of amides is 1. The van der Waals surface area contributed by atoms with Gasteiger partial charge >= 0.3 is 5.97 Å². The maximum absolute atomic E-state index is 13.0. The lowest BCUT2D eigenvalue weighted by Crippen LogP contribution is -2.42. The Morgan fingerprint density at radius 3 is 2.18 bits per heavy atom. The van der Waals surface area contributed by atoms with Crippen LogP contribution in [0.4, 0.5) is 5.69 Å². The van der Waals surface area contributed by atoms with Gasteiger partial charge in [-0.2, -0.15) is 4.31 Å². The minimum Gasteiger partial charge on any atom is -0.455 e. The number of ketones is 1. The van der Waals surface area contributed by atoms with Crippen molar-refractivity contribution in [3.63, 3.8) is 0 Å². The van der Waals surface area contributed by atoms with Crippen molar-refractivity contribution in [2.24, 2.45) is 29.6 Å². The van der Waals surface area contributed by atoms with Crippen LogP contribution in [0.15, 0.2) is 29.2 Å². The number of carbonyl (C=O) groups is 3. The van der Waals surface area contributed by atoms with E-state index in [9.17, 15) is 22.8 Å². The van der Waals surface area contributed by atoms with Crippen LogP contribution in [0.25, 0.3) is 0 Å². The van der Waals surface area contributed by atoms with Crippen LogP contribution in [0.2, 0.25) is 0 Å². The normalized spacial score (nSPS) is 29.9. The highest BCUT2D eigenvalue weighted by Crippen LogP contribution is 2.40. The number of Topliss-reactive ketones (excluding diaryl/α,β-unsaturated/α-hetero) is 1. The van der Waals surface area contributed by atoms with E-state index in [1.54, 1.807) is 0 Å². The second-order valence-corrected chi connectivity index (χ2v) is 12.3. The Balaban J connectivity index is 1.28. The molecule has 4 unspecified atom stereocenters. The molecule has 0 radical (unpaired) electrons. The number of benzene rings is 1. The van der Waals surface area contributed by atoms with Gasteiger partial charge in [0.25, 0.3) is 5.91 Å². The summed E-state index contributed by atoms with van der Waals surface area (Å²) in [5, 5.41) is 2.64. The predicted octanol–water partition coefficient (Wildman–Crippen LogP) is 3.23. The van der Waals surface area contributed by atoms with Crippen LogP contribution < -0.4 is 5.32 Å². The average molecular weight is 491 g/mol. The second-order valence-electron chi connectivity index (χ2n) is 10.3. The van der Waals surface area contributed by atoms with Crippen LogP contribution in [0.1, 0.15) is 52.4 Å². The van der Waals surface area contributed by atoms with Crippen molar-refractivity contribution < 1.29 is 27.5 Å². The van der Waals surface area contributed by atoms with E-state index in [-0.39, 0.29) is 28.4 Å². The molecule has 8 nitrogen and oxygen atoms in total. The van der Waals surface area contributed by atoms with Crippen LogP contribution in [-0.4, -0.2) is 50.1 Å². The van der Waals surface area contributed by atoms with Crippen molar-refractivity contribution in [1.82, 2.24) is 4.31 Å². The molecule has 1 aromatic rings. The van der Waals surface area contributed by atoms with E-state index in [2.05, 4.69) is 19.2 Å². The lowest BCUT2D eigenvalue weighted by atomic mass is 9.67. The molecular formula is C25H34N2O6S. The van der Waals surface area contributed by atoms with E-state index in [1.165, 1.54) is 28.6 Å². The predicted molar refractivity (Wildman–Crippen MR) is 126 cm³/mol. The maximum atomic E-state index is 13.0. The molecule has 1 N–H and O–H groups in total. The van der Waals surface area contributed by atoms with Crippen molar-refractivity contribution in [3.05, 3.63) is 24.3 Å². The van der Waals surface area contributed by atoms with Gasteiger partial charge in [0.2, 0.25) is 10.0 Å². The molecular weight excluding hydrogens is 456 g/mol. The third-order valence-corrected chi connectivity index (χ3v) is 9.18. The van der Waals surface area contributed by atoms with Gasteiger partial charge in [0, 0.05) is 30.6 Å². The van der Waals surface area contributed by atoms with Gasteiger partial charge in [-0.1, -0.05) is 20.3 Å². The Hall–Kier alpha value is -2.26. The number of anilines is 1. The first-order valence-electron chi connectivity index (χ1n) is 12.2. The minimum atomic E-state index is -3.59. The van der Waals surface area contributed by atoms with E-state index in [0.29, 0.717) is 43.5 Å². The number of sulfonamides is 1. The molecule has 4 rings (SSSR count). The lowest BCUT2D eigenvalue weighted by Gasteiger charge is -2.36. The molecule has 1 aromatic carbocycles. The number of esters is 1. The smallest absolute Gasteiger partial charge is 0.309 e. The summed E-state index contributed by atoms with van der Waals surface area (Å²) in [6.07, 6.45) is 4.74. The summed E-state index contributed by atoms with van der Waals surface area (Å²) in [5.74, 6) is -0.439. The zero-order chi connectivity index (χ0) is 24.5. The molecule has 3 fully saturated rings. The van der Waals surface area contributed by atoms with Gasteiger partial charge in [0.15, 0.2) is 6.61 Å².